The molecule has 35 heavy (non-hydrogen) atoms. The first-order valence-corrected chi connectivity index (χ1v) is 12.3. The standard InChI is InChI=1S/C25H28FN5O3S/c1-34-20-13-9-17(10-14-20)22(24(32)28-19-5-3-2-4-6-19)31(15-16-7-11-18(26)12-8-16)25(33)21-23(27)30-35-29-21/h7-14,19,22H,2-6,15H2,1H3,(H2,27,30)(H,28,32)/t22-/m0/s1. The summed E-state index contributed by atoms with van der Waals surface area (Å²) in [7, 11) is 1.56. The molecule has 1 fully saturated rings. The third-order valence-corrected chi connectivity index (χ3v) is 6.73. The van der Waals surface area contributed by atoms with Crippen LogP contribution in [0.15, 0.2) is 48.5 Å². The minimum Gasteiger partial charge on any atom is -0.497 e. The van der Waals surface area contributed by atoms with Crippen molar-refractivity contribution in [2.75, 3.05) is 12.8 Å². The number of nitrogens with two attached hydrogens (primary N) is 1. The van der Waals surface area contributed by atoms with Crippen LogP contribution in [0.25, 0.3) is 0 Å². The summed E-state index contributed by atoms with van der Waals surface area (Å²) in [5, 5.41) is 3.15. The number of aromatic nitrogens is 2. The van der Waals surface area contributed by atoms with E-state index in [1.165, 1.54) is 17.0 Å². The Morgan fingerprint density at radius 3 is 2.40 bits per heavy atom. The van der Waals surface area contributed by atoms with E-state index in [1.54, 1.807) is 43.5 Å². The Bertz CT molecular complexity index is 1150. The highest BCUT2D eigenvalue weighted by Crippen LogP contribution is 2.29. The van der Waals surface area contributed by atoms with E-state index in [-0.39, 0.29) is 35.8 Å². The largest absolute Gasteiger partial charge is 0.497 e. The highest BCUT2D eigenvalue weighted by Gasteiger charge is 2.35. The number of ether oxygens (including phenoxy) is 1. The minimum atomic E-state index is -0.971. The molecule has 1 aromatic heterocycles. The Hall–Kier alpha value is -3.53. The van der Waals surface area contributed by atoms with E-state index in [1.807, 2.05) is 0 Å². The summed E-state index contributed by atoms with van der Waals surface area (Å²) in [4.78, 5) is 28.9. The number of rotatable bonds is 8. The van der Waals surface area contributed by atoms with Gasteiger partial charge in [0.2, 0.25) is 5.91 Å². The lowest BCUT2D eigenvalue weighted by atomic mass is 9.94. The fourth-order valence-electron chi connectivity index (χ4n) is 4.33. The average Bonchev–Trinajstić information content (AvgIpc) is 3.31. The molecule has 0 unspecified atom stereocenters. The Balaban J connectivity index is 1.74. The lowest BCUT2D eigenvalue weighted by molar-refractivity contribution is -0.127. The van der Waals surface area contributed by atoms with Crippen molar-refractivity contribution in [2.45, 2.75) is 50.7 Å². The molecule has 0 bridgehead atoms. The van der Waals surface area contributed by atoms with Gasteiger partial charge in [0.25, 0.3) is 5.91 Å². The molecule has 4 rings (SSSR count). The third kappa shape index (κ3) is 5.94. The number of hydrogen-bond acceptors (Lipinski definition) is 7. The molecule has 1 heterocycles. The number of methoxy groups -OCH3 is 1. The van der Waals surface area contributed by atoms with Crippen molar-refractivity contribution < 1.29 is 18.7 Å². The molecule has 0 saturated heterocycles. The summed E-state index contributed by atoms with van der Waals surface area (Å²) in [6.07, 6.45) is 5.06. The van der Waals surface area contributed by atoms with Crippen LogP contribution in [0, 0.1) is 5.82 Å². The molecule has 184 valence electrons. The molecule has 1 aliphatic rings. The maximum Gasteiger partial charge on any atom is 0.278 e. The zero-order chi connectivity index (χ0) is 24.8. The van der Waals surface area contributed by atoms with Gasteiger partial charge in [-0.05, 0) is 48.2 Å². The van der Waals surface area contributed by atoms with Crippen LogP contribution in [-0.4, -0.2) is 38.6 Å². The number of benzene rings is 2. The van der Waals surface area contributed by atoms with Gasteiger partial charge in [-0.1, -0.05) is 43.5 Å². The van der Waals surface area contributed by atoms with Gasteiger partial charge in [-0.15, -0.1) is 0 Å². The molecule has 0 radical (unpaired) electrons. The highest BCUT2D eigenvalue weighted by molar-refractivity contribution is 6.99. The van der Waals surface area contributed by atoms with Gasteiger partial charge in [-0.3, -0.25) is 9.59 Å². The first-order chi connectivity index (χ1) is 17.0. The smallest absolute Gasteiger partial charge is 0.278 e. The number of nitrogens with zero attached hydrogens (tertiary/aromatic N) is 3. The van der Waals surface area contributed by atoms with Crippen LogP contribution in [0.1, 0.15) is 59.8 Å². The molecule has 0 spiro atoms. The number of anilines is 1. The zero-order valence-corrected chi connectivity index (χ0v) is 20.3. The molecule has 0 aliphatic heterocycles. The van der Waals surface area contributed by atoms with Crippen LogP contribution in [0.5, 0.6) is 5.75 Å². The SMILES string of the molecule is COc1ccc([C@@H](C(=O)NC2CCCCC2)N(Cc2ccc(F)cc2)C(=O)c2nsnc2N)cc1. The van der Waals surface area contributed by atoms with Crippen molar-refractivity contribution in [3.8, 4) is 5.75 Å². The van der Waals surface area contributed by atoms with Crippen LogP contribution in [-0.2, 0) is 11.3 Å². The van der Waals surface area contributed by atoms with Gasteiger partial charge in [0.1, 0.15) is 17.6 Å². The van der Waals surface area contributed by atoms with Crippen LogP contribution in [0.2, 0.25) is 0 Å². The lowest BCUT2D eigenvalue weighted by Crippen LogP contribution is -2.47. The number of nitrogens with one attached hydrogen (secondary N) is 1. The molecular formula is C25H28FN5O3S. The number of nitrogen functional groups attached to an aromatic ring is 1. The zero-order valence-electron chi connectivity index (χ0n) is 19.4. The molecule has 3 aromatic rings. The van der Waals surface area contributed by atoms with Crippen LogP contribution < -0.4 is 15.8 Å². The first kappa shape index (κ1) is 24.6. The second kappa shape index (κ2) is 11.3. The van der Waals surface area contributed by atoms with Crippen molar-refractivity contribution in [3.63, 3.8) is 0 Å². The second-order valence-corrected chi connectivity index (χ2v) is 9.11. The van der Waals surface area contributed by atoms with Gasteiger partial charge in [-0.2, -0.15) is 8.75 Å². The number of carbonyl (C=O) groups is 2. The molecule has 2 aromatic carbocycles. The fourth-order valence-corrected chi connectivity index (χ4v) is 4.80. The molecule has 3 N–H and O–H groups in total. The molecule has 8 nitrogen and oxygen atoms in total. The van der Waals surface area contributed by atoms with E-state index in [0.29, 0.717) is 16.9 Å². The summed E-state index contributed by atoms with van der Waals surface area (Å²) in [5.41, 5.74) is 7.17. The average molecular weight is 498 g/mol. The van der Waals surface area contributed by atoms with E-state index >= 15 is 0 Å². The Kier molecular flexibility index (Phi) is 7.91. The fraction of sp³-hybridized carbons (Fsp3) is 0.360. The summed E-state index contributed by atoms with van der Waals surface area (Å²) < 4.78 is 26.8. The maximum atomic E-state index is 13.8. The maximum absolute atomic E-state index is 13.8. The Morgan fingerprint density at radius 1 is 1.11 bits per heavy atom. The van der Waals surface area contributed by atoms with E-state index in [4.69, 9.17) is 10.5 Å². The van der Waals surface area contributed by atoms with Gasteiger partial charge < -0.3 is 20.7 Å². The molecule has 1 atom stereocenters. The van der Waals surface area contributed by atoms with Gasteiger partial charge in [0, 0.05) is 12.6 Å². The van der Waals surface area contributed by atoms with Gasteiger partial charge >= 0.3 is 0 Å². The molecule has 1 saturated carbocycles. The summed E-state index contributed by atoms with van der Waals surface area (Å²) >= 11 is 0.830. The molecule has 1 aliphatic carbocycles. The number of carbonyl (C=O) groups excluding carboxylic acids is 2. The lowest BCUT2D eigenvalue weighted by Gasteiger charge is -2.33. The number of amides is 2. The van der Waals surface area contributed by atoms with Gasteiger partial charge in [0.05, 0.1) is 18.8 Å². The highest BCUT2D eigenvalue weighted by atomic mass is 32.1. The van der Waals surface area contributed by atoms with E-state index in [2.05, 4.69) is 14.1 Å². The Labute approximate surface area is 207 Å². The summed E-state index contributed by atoms with van der Waals surface area (Å²) in [5.74, 6) is -0.574. The second-order valence-electron chi connectivity index (χ2n) is 8.58. The predicted molar refractivity (Wildman–Crippen MR) is 131 cm³/mol. The Morgan fingerprint density at radius 2 is 1.80 bits per heavy atom. The summed E-state index contributed by atoms with van der Waals surface area (Å²) in [6, 6.07) is 11.9. The van der Waals surface area contributed by atoms with Crippen molar-refractivity contribution in [3.05, 3.63) is 71.2 Å². The molecule has 10 heteroatoms. The van der Waals surface area contributed by atoms with Crippen molar-refractivity contribution in [1.82, 2.24) is 19.0 Å². The minimum absolute atomic E-state index is 0.00488. The number of hydrogen-bond donors (Lipinski definition) is 2. The summed E-state index contributed by atoms with van der Waals surface area (Å²) in [6.45, 7) is 0.0465. The third-order valence-electron chi connectivity index (χ3n) is 6.19. The molecular weight excluding hydrogens is 469 g/mol. The van der Waals surface area contributed by atoms with Crippen LogP contribution >= 0.6 is 11.7 Å². The quantitative estimate of drug-likeness (QED) is 0.485. The number of halogens is 1. The predicted octanol–water partition coefficient (Wildman–Crippen LogP) is 4.10. The van der Waals surface area contributed by atoms with Crippen LogP contribution in [0.4, 0.5) is 10.2 Å². The van der Waals surface area contributed by atoms with Crippen molar-refractivity contribution in [2.24, 2.45) is 0 Å². The topological polar surface area (TPSA) is 110 Å². The normalized spacial score (nSPS) is 14.8. The van der Waals surface area contributed by atoms with E-state index in [9.17, 15) is 14.0 Å². The first-order valence-electron chi connectivity index (χ1n) is 11.5. The monoisotopic (exact) mass is 497 g/mol. The molecule has 2 amide bonds. The van der Waals surface area contributed by atoms with Gasteiger partial charge in [0.15, 0.2) is 11.5 Å². The van der Waals surface area contributed by atoms with E-state index in [0.717, 1.165) is 43.8 Å². The van der Waals surface area contributed by atoms with Crippen LogP contribution in [0.3, 0.4) is 0 Å². The van der Waals surface area contributed by atoms with Crippen molar-refractivity contribution >= 4 is 29.4 Å². The van der Waals surface area contributed by atoms with Crippen molar-refractivity contribution in [1.29, 1.82) is 0 Å². The van der Waals surface area contributed by atoms with Gasteiger partial charge in [-0.25, -0.2) is 4.39 Å². The van der Waals surface area contributed by atoms with E-state index < -0.39 is 11.9 Å².